The number of nitrogens with zero attached hydrogens (tertiary/aromatic N) is 2. The maximum atomic E-state index is 12.7. The number of rotatable bonds is 3. The maximum Gasteiger partial charge on any atom is 0.231 e. The van der Waals surface area contributed by atoms with Crippen molar-refractivity contribution < 1.29 is 4.79 Å². The van der Waals surface area contributed by atoms with Gasteiger partial charge in [0.1, 0.15) is 0 Å². The van der Waals surface area contributed by atoms with Gasteiger partial charge in [0.2, 0.25) is 5.91 Å². The number of carbonyl (C=O) groups excluding carboxylic acids is 1. The molecule has 1 aliphatic heterocycles. The first-order valence-electron chi connectivity index (χ1n) is 7.29. The summed E-state index contributed by atoms with van der Waals surface area (Å²) >= 11 is 0. The standard InChI is InChI=1S/C18H17N3O/c19-9-8-14-10-15-11-16(20)6-7-17(15)21(18(14)22)12-13-4-2-1-3-5-13/h1-7,11,14H,8,10,12,20H2. The first-order valence-corrected chi connectivity index (χ1v) is 7.29. The van der Waals surface area contributed by atoms with E-state index < -0.39 is 0 Å². The lowest BCUT2D eigenvalue weighted by Crippen LogP contribution is -2.40. The van der Waals surface area contributed by atoms with Gasteiger partial charge in [-0.25, -0.2) is 0 Å². The molecule has 1 unspecified atom stereocenters. The fraction of sp³-hybridized carbons (Fsp3) is 0.222. The Labute approximate surface area is 129 Å². The minimum Gasteiger partial charge on any atom is -0.399 e. The van der Waals surface area contributed by atoms with Crippen molar-refractivity contribution in [3.8, 4) is 6.07 Å². The van der Waals surface area contributed by atoms with Crippen LogP contribution in [0.25, 0.3) is 0 Å². The third kappa shape index (κ3) is 2.66. The molecule has 1 atom stereocenters. The molecule has 0 fully saturated rings. The third-order valence-corrected chi connectivity index (χ3v) is 4.00. The quantitative estimate of drug-likeness (QED) is 0.884. The van der Waals surface area contributed by atoms with Crippen molar-refractivity contribution in [2.75, 3.05) is 10.6 Å². The Bertz CT molecular complexity index is 734. The van der Waals surface area contributed by atoms with E-state index in [-0.39, 0.29) is 18.2 Å². The lowest BCUT2D eigenvalue weighted by molar-refractivity contribution is -0.122. The molecule has 2 N–H and O–H groups in total. The molecule has 110 valence electrons. The first-order chi connectivity index (χ1) is 10.7. The highest BCUT2D eigenvalue weighted by atomic mass is 16.2. The second-order valence-electron chi connectivity index (χ2n) is 5.56. The van der Waals surface area contributed by atoms with Crippen LogP contribution in [0.3, 0.4) is 0 Å². The fourth-order valence-electron chi connectivity index (χ4n) is 2.92. The Morgan fingerprint density at radius 3 is 2.73 bits per heavy atom. The minimum absolute atomic E-state index is 0.0164. The van der Waals surface area contributed by atoms with Crippen LogP contribution in [0.5, 0.6) is 0 Å². The molecule has 3 rings (SSSR count). The second-order valence-corrected chi connectivity index (χ2v) is 5.56. The Morgan fingerprint density at radius 2 is 2.00 bits per heavy atom. The molecule has 0 aromatic heterocycles. The monoisotopic (exact) mass is 291 g/mol. The van der Waals surface area contributed by atoms with Gasteiger partial charge in [-0.05, 0) is 35.7 Å². The van der Waals surface area contributed by atoms with Gasteiger partial charge in [0.05, 0.1) is 18.5 Å². The molecule has 0 saturated carbocycles. The highest BCUT2D eigenvalue weighted by molar-refractivity contribution is 5.98. The van der Waals surface area contributed by atoms with E-state index in [4.69, 9.17) is 11.0 Å². The summed E-state index contributed by atoms with van der Waals surface area (Å²) in [6.07, 6.45) is 0.816. The van der Waals surface area contributed by atoms with Crippen LogP contribution in [0.4, 0.5) is 11.4 Å². The lowest BCUT2D eigenvalue weighted by Gasteiger charge is -2.33. The van der Waals surface area contributed by atoms with Crippen molar-refractivity contribution in [2.24, 2.45) is 5.92 Å². The molecule has 2 aromatic carbocycles. The summed E-state index contributed by atoms with van der Waals surface area (Å²) in [6, 6.07) is 17.6. The zero-order valence-corrected chi connectivity index (χ0v) is 12.2. The van der Waals surface area contributed by atoms with Crippen LogP contribution in [0.1, 0.15) is 17.5 Å². The van der Waals surface area contributed by atoms with Crippen molar-refractivity contribution in [3.63, 3.8) is 0 Å². The largest absolute Gasteiger partial charge is 0.399 e. The van der Waals surface area contributed by atoms with Gasteiger partial charge >= 0.3 is 0 Å². The van der Waals surface area contributed by atoms with Gasteiger partial charge < -0.3 is 10.6 Å². The maximum absolute atomic E-state index is 12.7. The predicted molar refractivity (Wildman–Crippen MR) is 85.9 cm³/mol. The molecule has 2 aromatic rings. The molecule has 1 aliphatic rings. The molecule has 0 radical (unpaired) electrons. The highest BCUT2D eigenvalue weighted by Gasteiger charge is 2.32. The smallest absolute Gasteiger partial charge is 0.231 e. The molecule has 0 bridgehead atoms. The molecular formula is C18H17N3O. The van der Waals surface area contributed by atoms with Crippen LogP contribution in [-0.2, 0) is 17.8 Å². The van der Waals surface area contributed by atoms with Crippen LogP contribution in [0, 0.1) is 17.2 Å². The topological polar surface area (TPSA) is 70.1 Å². The molecule has 22 heavy (non-hydrogen) atoms. The summed E-state index contributed by atoms with van der Waals surface area (Å²) in [6.45, 7) is 0.512. The van der Waals surface area contributed by atoms with Crippen molar-refractivity contribution in [2.45, 2.75) is 19.4 Å². The Kier molecular flexibility index (Phi) is 3.80. The normalized spacial score (nSPS) is 17.0. The molecule has 1 amide bonds. The number of hydrogen-bond acceptors (Lipinski definition) is 3. The molecule has 4 heteroatoms. The van der Waals surface area contributed by atoms with Crippen LogP contribution in [-0.4, -0.2) is 5.91 Å². The van der Waals surface area contributed by atoms with Crippen molar-refractivity contribution in [1.82, 2.24) is 0 Å². The van der Waals surface area contributed by atoms with Gasteiger partial charge in [-0.2, -0.15) is 5.26 Å². The number of nitriles is 1. The Balaban J connectivity index is 1.99. The molecule has 4 nitrogen and oxygen atoms in total. The van der Waals surface area contributed by atoms with Crippen LogP contribution >= 0.6 is 0 Å². The molecular weight excluding hydrogens is 274 g/mol. The summed E-state index contributed by atoms with van der Waals surface area (Å²) < 4.78 is 0. The molecule has 0 saturated heterocycles. The number of carbonyl (C=O) groups is 1. The van der Waals surface area contributed by atoms with E-state index in [1.54, 1.807) is 4.90 Å². The number of hydrogen-bond donors (Lipinski definition) is 1. The van der Waals surface area contributed by atoms with E-state index in [1.165, 1.54) is 0 Å². The molecule has 0 aliphatic carbocycles. The van der Waals surface area contributed by atoms with Crippen LogP contribution in [0.2, 0.25) is 0 Å². The van der Waals surface area contributed by atoms with E-state index in [2.05, 4.69) is 6.07 Å². The average Bonchev–Trinajstić information content (AvgIpc) is 2.52. The Hall–Kier alpha value is -2.80. The SMILES string of the molecule is N#CCC1Cc2cc(N)ccc2N(Cc2ccccc2)C1=O. The van der Waals surface area contributed by atoms with Gasteiger partial charge in [0.25, 0.3) is 0 Å². The Morgan fingerprint density at radius 1 is 1.23 bits per heavy atom. The third-order valence-electron chi connectivity index (χ3n) is 4.00. The number of benzene rings is 2. The summed E-state index contributed by atoms with van der Waals surface area (Å²) in [5, 5.41) is 8.97. The van der Waals surface area contributed by atoms with E-state index in [0.717, 1.165) is 16.8 Å². The second kappa shape index (κ2) is 5.90. The number of nitrogen functional groups attached to an aromatic ring is 1. The van der Waals surface area contributed by atoms with Gasteiger partial charge in [-0.15, -0.1) is 0 Å². The van der Waals surface area contributed by atoms with Crippen molar-refractivity contribution in [3.05, 3.63) is 59.7 Å². The van der Waals surface area contributed by atoms with Crippen LogP contribution < -0.4 is 10.6 Å². The first kappa shape index (κ1) is 14.2. The molecule has 0 spiro atoms. The van der Waals surface area contributed by atoms with Gasteiger partial charge in [0.15, 0.2) is 0 Å². The fourth-order valence-corrected chi connectivity index (χ4v) is 2.92. The van der Waals surface area contributed by atoms with Gasteiger partial charge in [0, 0.05) is 17.8 Å². The summed E-state index contributed by atoms with van der Waals surface area (Å²) in [5.41, 5.74) is 9.55. The van der Waals surface area contributed by atoms with E-state index >= 15 is 0 Å². The lowest BCUT2D eigenvalue weighted by atomic mass is 9.89. The van der Waals surface area contributed by atoms with E-state index in [0.29, 0.717) is 18.7 Å². The molecule has 1 heterocycles. The average molecular weight is 291 g/mol. The predicted octanol–water partition coefficient (Wildman–Crippen LogP) is 2.89. The minimum atomic E-state index is -0.289. The van der Waals surface area contributed by atoms with Gasteiger partial charge in [-0.3, -0.25) is 4.79 Å². The summed E-state index contributed by atoms with van der Waals surface area (Å²) in [5.74, 6) is -0.273. The van der Waals surface area contributed by atoms with E-state index in [9.17, 15) is 4.79 Å². The zero-order chi connectivity index (χ0) is 15.5. The van der Waals surface area contributed by atoms with Crippen molar-refractivity contribution in [1.29, 1.82) is 5.26 Å². The summed E-state index contributed by atoms with van der Waals surface area (Å²) in [7, 11) is 0. The number of amides is 1. The number of nitrogens with two attached hydrogens (primary N) is 1. The number of fused-ring (bicyclic) bond motifs is 1. The summed E-state index contributed by atoms with van der Waals surface area (Å²) in [4.78, 5) is 14.5. The van der Waals surface area contributed by atoms with E-state index in [1.807, 2.05) is 48.5 Å². The van der Waals surface area contributed by atoms with Crippen LogP contribution in [0.15, 0.2) is 48.5 Å². The number of anilines is 2. The highest BCUT2D eigenvalue weighted by Crippen LogP contribution is 2.34. The van der Waals surface area contributed by atoms with Gasteiger partial charge in [-0.1, -0.05) is 30.3 Å². The van der Waals surface area contributed by atoms with Crippen molar-refractivity contribution >= 4 is 17.3 Å². The zero-order valence-electron chi connectivity index (χ0n) is 12.2.